The molecule has 0 bridgehead atoms. The minimum absolute atomic E-state index is 0.0193. The number of rotatable bonds is 3. The molecule has 0 aromatic heterocycles. The number of halogens is 1. The van der Waals surface area contributed by atoms with Gasteiger partial charge in [-0.2, -0.15) is 0 Å². The number of carbonyl (C=O) groups excluding carboxylic acids is 2. The summed E-state index contributed by atoms with van der Waals surface area (Å²) >= 11 is 5.87. The molecule has 0 aliphatic carbocycles. The van der Waals surface area contributed by atoms with Crippen LogP contribution in [0.15, 0.2) is 18.2 Å². The lowest BCUT2D eigenvalue weighted by Crippen LogP contribution is -2.12. The second kappa shape index (κ2) is 5.37. The summed E-state index contributed by atoms with van der Waals surface area (Å²) in [5, 5.41) is 0.333. The Morgan fingerprint density at radius 2 is 2.12 bits per heavy atom. The summed E-state index contributed by atoms with van der Waals surface area (Å²) in [5.74, 6) is -0.0995. The van der Waals surface area contributed by atoms with Crippen molar-refractivity contribution in [2.24, 2.45) is 5.73 Å². The van der Waals surface area contributed by atoms with E-state index in [1.54, 1.807) is 12.1 Å². The van der Waals surface area contributed by atoms with Gasteiger partial charge in [0.05, 0.1) is 5.02 Å². The van der Waals surface area contributed by atoms with Crippen molar-refractivity contribution < 1.29 is 19.1 Å². The zero-order chi connectivity index (χ0) is 12.1. The molecular formula is C10H10ClNO4. The van der Waals surface area contributed by atoms with Crippen LogP contribution in [-0.2, 0) is 16.1 Å². The lowest BCUT2D eigenvalue weighted by Gasteiger charge is -2.06. The van der Waals surface area contributed by atoms with Crippen molar-refractivity contribution in [3.8, 4) is 5.75 Å². The Hall–Kier alpha value is -1.75. The molecule has 1 amide bonds. The van der Waals surface area contributed by atoms with Crippen LogP contribution in [0, 0.1) is 0 Å². The van der Waals surface area contributed by atoms with Crippen LogP contribution in [0.25, 0.3) is 0 Å². The maximum atomic E-state index is 10.7. The van der Waals surface area contributed by atoms with E-state index in [2.05, 4.69) is 4.74 Å². The number of amides is 1. The van der Waals surface area contributed by atoms with Crippen molar-refractivity contribution in [1.29, 1.82) is 0 Å². The highest BCUT2D eigenvalue weighted by atomic mass is 35.5. The third kappa shape index (κ3) is 3.78. The molecule has 1 aromatic rings. The van der Waals surface area contributed by atoms with Crippen molar-refractivity contribution >= 4 is 23.7 Å². The number of esters is 1. The number of nitrogens with two attached hydrogens (primary N) is 1. The molecule has 0 saturated carbocycles. The minimum Gasteiger partial charge on any atom is -0.445 e. The van der Waals surface area contributed by atoms with Crippen molar-refractivity contribution in [2.75, 3.05) is 0 Å². The first-order valence-corrected chi connectivity index (χ1v) is 4.76. The highest BCUT2D eigenvalue weighted by Crippen LogP contribution is 2.23. The van der Waals surface area contributed by atoms with Gasteiger partial charge in [0.25, 0.3) is 0 Å². The van der Waals surface area contributed by atoms with Crippen LogP contribution >= 0.6 is 11.6 Å². The Morgan fingerprint density at radius 3 is 2.62 bits per heavy atom. The standard InChI is InChI=1S/C10H10ClNO4/c1-6(13)16-8-3-2-7(9(11)4-8)5-15-10(12)14/h2-4H,5H2,1H3,(H2,12,14). The summed E-state index contributed by atoms with van der Waals surface area (Å²) < 4.78 is 9.40. The normalized spacial score (nSPS) is 9.62. The fraction of sp³-hybridized carbons (Fsp3) is 0.200. The fourth-order valence-corrected chi connectivity index (χ4v) is 1.25. The molecule has 6 heteroatoms. The Balaban J connectivity index is 2.75. The van der Waals surface area contributed by atoms with Gasteiger partial charge in [0, 0.05) is 12.5 Å². The fourth-order valence-electron chi connectivity index (χ4n) is 1.02. The first-order valence-electron chi connectivity index (χ1n) is 4.38. The first kappa shape index (κ1) is 12.3. The van der Waals surface area contributed by atoms with E-state index in [0.717, 1.165) is 0 Å². The van der Waals surface area contributed by atoms with Gasteiger partial charge < -0.3 is 15.2 Å². The number of carbonyl (C=O) groups is 2. The van der Waals surface area contributed by atoms with Crippen LogP contribution in [0.3, 0.4) is 0 Å². The molecule has 1 rings (SSSR count). The highest BCUT2D eigenvalue weighted by Gasteiger charge is 2.06. The maximum Gasteiger partial charge on any atom is 0.404 e. The summed E-state index contributed by atoms with van der Waals surface area (Å²) in [4.78, 5) is 21.1. The van der Waals surface area contributed by atoms with E-state index < -0.39 is 12.1 Å². The van der Waals surface area contributed by atoms with Crippen molar-refractivity contribution in [3.05, 3.63) is 28.8 Å². The molecule has 86 valence electrons. The van der Waals surface area contributed by atoms with Gasteiger partial charge in [-0.3, -0.25) is 4.79 Å². The quantitative estimate of drug-likeness (QED) is 0.649. The molecule has 16 heavy (non-hydrogen) atoms. The molecule has 0 aliphatic heterocycles. The van der Waals surface area contributed by atoms with Gasteiger partial charge in [-0.05, 0) is 12.1 Å². The summed E-state index contributed by atoms with van der Waals surface area (Å²) in [5.41, 5.74) is 5.39. The summed E-state index contributed by atoms with van der Waals surface area (Å²) in [6, 6.07) is 4.60. The van der Waals surface area contributed by atoms with Gasteiger partial charge in [0.15, 0.2) is 0 Å². The topological polar surface area (TPSA) is 78.6 Å². The number of hydrogen-bond donors (Lipinski definition) is 1. The van der Waals surface area contributed by atoms with E-state index in [4.69, 9.17) is 22.1 Å². The van der Waals surface area contributed by atoms with Crippen LogP contribution in [0.1, 0.15) is 12.5 Å². The number of hydrogen-bond acceptors (Lipinski definition) is 4. The SMILES string of the molecule is CC(=O)Oc1ccc(COC(N)=O)c(Cl)c1. The predicted molar refractivity (Wildman–Crippen MR) is 57.1 cm³/mol. The lowest BCUT2D eigenvalue weighted by atomic mass is 10.2. The Kier molecular flexibility index (Phi) is 4.13. The molecule has 0 fully saturated rings. The number of primary amides is 1. The van der Waals surface area contributed by atoms with E-state index in [9.17, 15) is 9.59 Å². The number of ether oxygens (including phenoxy) is 2. The second-order valence-electron chi connectivity index (χ2n) is 2.95. The lowest BCUT2D eigenvalue weighted by molar-refractivity contribution is -0.131. The Bertz CT molecular complexity index is 419. The van der Waals surface area contributed by atoms with Crippen molar-refractivity contribution in [2.45, 2.75) is 13.5 Å². The van der Waals surface area contributed by atoms with E-state index in [1.807, 2.05) is 0 Å². The van der Waals surface area contributed by atoms with Gasteiger partial charge in [-0.15, -0.1) is 0 Å². The second-order valence-corrected chi connectivity index (χ2v) is 3.36. The van der Waals surface area contributed by atoms with Crippen LogP contribution < -0.4 is 10.5 Å². The maximum absolute atomic E-state index is 10.7. The van der Waals surface area contributed by atoms with Gasteiger partial charge >= 0.3 is 12.1 Å². The van der Waals surface area contributed by atoms with Crippen LogP contribution in [0.5, 0.6) is 5.75 Å². The molecule has 2 N–H and O–H groups in total. The van der Waals surface area contributed by atoms with Gasteiger partial charge in [-0.1, -0.05) is 17.7 Å². The van der Waals surface area contributed by atoms with E-state index in [0.29, 0.717) is 16.3 Å². The molecule has 0 radical (unpaired) electrons. The molecule has 0 unspecified atom stereocenters. The van der Waals surface area contributed by atoms with Gasteiger partial charge in [-0.25, -0.2) is 4.79 Å². The first-order chi connectivity index (χ1) is 7.49. The monoisotopic (exact) mass is 243 g/mol. The average Bonchev–Trinajstić information content (AvgIpc) is 2.15. The van der Waals surface area contributed by atoms with Crippen LogP contribution in [-0.4, -0.2) is 12.1 Å². The van der Waals surface area contributed by atoms with Gasteiger partial charge in [0.2, 0.25) is 0 Å². The zero-order valence-electron chi connectivity index (χ0n) is 8.53. The third-order valence-electron chi connectivity index (χ3n) is 1.66. The third-order valence-corrected chi connectivity index (χ3v) is 2.01. The molecule has 0 aliphatic rings. The minimum atomic E-state index is -0.875. The Labute approximate surface area is 97.1 Å². The zero-order valence-corrected chi connectivity index (χ0v) is 9.28. The summed E-state index contributed by atoms with van der Waals surface area (Å²) in [6.45, 7) is 1.27. The van der Waals surface area contributed by atoms with Gasteiger partial charge in [0.1, 0.15) is 12.4 Å². The van der Waals surface area contributed by atoms with Crippen molar-refractivity contribution in [3.63, 3.8) is 0 Å². The Morgan fingerprint density at radius 1 is 1.44 bits per heavy atom. The molecule has 0 atom stereocenters. The molecule has 1 aromatic carbocycles. The van der Waals surface area contributed by atoms with Crippen LogP contribution in [0.2, 0.25) is 5.02 Å². The largest absolute Gasteiger partial charge is 0.445 e. The molecule has 0 spiro atoms. The molecule has 0 heterocycles. The molecule has 0 saturated heterocycles. The number of benzene rings is 1. The van der Waals surface area contributed by atoms with Crippen LogP contribution in [0.4, 0.5) is 4.79 Å². The summed E-state index contributed by atoms with van der Waals surface area (Å²) in [6.07, 6.45) is -0.875. The smallest absolute Gasteiger partial charge is 0.404 e. The summed E-state index contributed by atoms with van der Waals surface area (Å²) in [7, 11) is 0. The van der Waals surface area contributed by atoms with Crippen molar-refractivity contribution in [1.82, 2.24) is 0 Å². The highest BCUT2D eigenvalue weighted by molar-refractivity contribution is 6.31. The predicted octanol–water partition coefficient (Wildman–Crippen LogP) is 1.86. The van der Waals surface area contributed by atoms with E-state index >= 15 is 0 Å². The van der Waals surface area contributed by atoms with E-state index in [-0.39, 0.29) is 6.61 Å². The molecule has 5 nitrogen and oxygen atoms in total. The average molecular weight is 244 g/mol. The molecular weight excluding hydrogens is 234 g/mol. The van der Waals surface area contributed by atoms with E-state index in [1.165, 1.54) is 13.0 Å².